The van der Waals surface area contributed by atoms with E-state index >= 15 is 0 Å². The van der Waals surface area contributed by atoms with E-state index in [4.69, 9.17) is 4.42 Å². The second-order valence-electron chi connectivity index (χ2n) is 6.67. The number of aliphatic imine (C=N–C) groups is 1. The van der Waals surface area contributed by atoms with E-state index in [2.05, 4.69) is 30.8 Å². The van der Waals surface area contributed by atoms with Gasteiger partial charge in [0, 0.05) is 32.8 Å². The summed E-state index contributed by atoms with van der Waals surface area (Å²) in [7, 11) is -1.62. The zero-order valence-corrected chi connectivity index (χ0v) is 17.5. The summed E-state index contributed by atoms with van der Waals surface area (Å²) in [6.07, 6.45) is 3.27. The molecular formula is C19H23FN6O3S. The summed E-state index contributed by atoms with van der Waals surface area (Å²) in [5, 5.41) is 13.2. The molecule has 9 nitrogen and oxygen atoms in total. The van der Waals surface area contributed by atoms with Crippen LogP contribution in [0.3, 0.4) is 0 Å². The van der Waals surface area contributed by atoms with Gasteiger partial charge in [0.2, 0.25) is 5.82 Å². The highest BCUT2D eigenvalue weighted by atomic mass is 32.2. The molecule has 3 aromatic rings. The zero-order chi connectivity index (χ0) is 21.6. The molecule has 0 bridgehead atoms. The van der Waals surface area contributed by atoms with Crippen molar-refractivity contribution in [2.45, 2.75) is 18.7 Å². The number of furan rings is 1. The summed E-state index contributed by atoms with van der Waals surface area (Å²) >= 11 is 0. The van der Waals surface area contributed by atoms with Crippen LogP contribution in [0.2, 0.25) is 0 Å². The molecule has 160 valence electrons. The molecule has 2 aromatic heterocycles. The van der Waals surface area contributed by atoms with Crippen molar-refractivity contribution >= 4 is 15.8 Å². The van der Waals surface area contributed by atoms with Gasteiger partial charge in [0.25, 0.3) is 0 Å². The van der Waals surface area contributed by atoms with Gasteiger partial charge in [-0.3, -0.25) is 10.1 Å². The Bertz CT molecular complexity index is 1110. The van der Waals surface area contributed by atoms with E-state index in [0.717, 1.165) is 6.26 Å². The number of guanidine groups is 1. The van der Waals surface area contributed by atoms with E-state index in [-0.39, 0.29) is 12.3 Å². The largest absolute Gasteiger partial charge is 0.461 e. The Balaban J connectivity index is 1.54. The summed E-state index contributed by atoms with van der Waals surface area (Å²) < 4.78 is 42.1. The maximum absolute atomic E-state index is 13.6. The fourth-order valence-corrected chi connectivity index (χ4v) is 3.65. The molecule has 30 heavy (non-hydrogen) atoms. The number of hydrogen-bond acceptors (Lipinski definition) is 6. The SMILES string of the molecule is CN=C(NCCc1nc(-c2ccco2)n[nH]1)NCc1cc(F)ccc1CS(C)(=O)=O. The van der Waals surface area contributed by atoms with Crippen molar-refractivity contribution in [2.24, 2.45) is 4.99 Å². The van der Waals surface area contributed by atoms with Crippen LogP contribution in [0, 0.1) is 5.82 Å². The number of nitrogens with one attached hydrogen (secondary N) is 3. The van der Waals surface area contributed by atoms with Gasteiger partial charge >= 0.3 is 0 Å². The first-order valence-corrected chi connectivity index (χ1v) is 11.2. The van der Waals surface area contributed by atoms with Gasteiger partial charge in [-0.05, 0) is 35.4 Å². The van der Waals surface area contributed by atoms with E-state index < -0.39 is 15.7 Å². The number of halogens is 1. The number of nitrogens with zero attached hydrogens (tertiary/aromatic N) is 3. The first-order valence-electron chi connectivity index (χ1n) is 9.19. The summed E-state index contributed by atoms with van der Waals surface area (Å²) in [5.74, 6) is 1.68. The lowest BCUT2D eigenvalue weighted by Gasteiger charge is -2.14. The molecule has 0 aliphatic carbocycles. The molecular weight excluding hydrogens is 411 g/mol. The van der Waals surface area contributed by atoms with Gasteiger partial charge in [0.05, 0.1) is 12.0 Å². The third-order valence-electron chi connectivity index (χ3n) is 4.18. The Morgan fingerprint density at radius 1 is 1.27 bits per heavy atom. The first kappa shape index (κ1) is 21.5. The Morgan fingerprint density at radius 3 is 2.80 bits per heavy atom. The Labute approximate surface area is 173 Å². The molecule has 3 N–H and O–H groups in total. The molecule has 0 saturated heterocycles. The second-order valence-corrected chi connectivity index (χ2v) is 8.81. The van der Waals surface area contributed by atoms with Crippen molar-refractivity contribution < 1.29 is 17.2 Å². The Morgan fingerprint density at radius 2 is 2.10 bits per heavy atom. The highest BCUT2D eigenvalue weighted by Gasteiger charge is 2.12. The van der Waals surface area contributed by atoms with Crippen LogP contribution in [0.25, 0.3) is 11.6 Å². The minimum absolute atomic E-state index is 0.153. The molecule has 1 aromatic carbocycles. The van der Waals surface area contributed by atoms with Gasteiger partial charge in [-0.15, -0.1) is 0 Å². The second kappa shape index (κ2) is 9.53. The number of rotatable bonds is 8. The molecule has 3 rings (SSSR count). The third kappa shape index (κ3) is 6.14. The molecule has 0 saturated carbocycles. The van der Waals surface area contributed by atoms with E-state index in [1.807, 2.05) is 0 Å². The number of aromatic nitrogens is 3. The maximum Gasteiger partial charge on any atom is 0.216 e. The van der Waals surface area contributed by atoms with Crippen LogP contribution >= 0.6 is 0 Å². The summed E-state index contributed by atoms with van der Waals surface area (Å²) in [6.45, 7) is 0.749. The third-order valence-corrected chi connectivity index (χ3v) is 5.02. The molecule has 0 spiro atoms. The number of hydrogen-bond donors (Lipinski definition) is 3. The number of sulfone groups is 1. The topological polar surface area (TPSA) is 125 Å². The highest BCUT2D eigenvalue weighted by molar-refractivity contribution is 7.89. The lowest BCUT2D eigenvalue weighted by Crippen LogP contribution is -2.38. The van der Waals surface area contributed by atoms with E-state index in [1.54, 1.807) is 25.4 Å². The minimum Gasteiger partial charge on any atom is -0.461 e. The Kier molecular flexibility index (Phi) is 6.83. The van der Waals surface area contributed by atoms with Crippen LogP contribution in [-0.2, 0) is 28.6 Å². The van der Waals surface area contributed by atoms with Crippen LogP contribution in [0.15, 0.2) is 46.0 Å². The van der Waals surface area contributed by atoms with Crippen LogP contribution in [0.4, 0.5) is 4.39 Å². The van der Waals surface area contributed by atoms with Crippen molar-refractivity contribution in [3.63, 3.8) is 0 Å². The average molecular weight is 434 g/mol. The number of benzene rings is 1. The number of H-pyrrole nitrogens is 1. The summed E-state index contributed by atoms with van der Waals surface area (Å²) in [6, 6.07) is 7.62. The van der Waals surface area contributed by atoms with Gasteiger partial charge in [-0.25, -0.2) is 17.8 Å². The fourth-order valence-electron chi connectivity index (χ4n) is 2.80. The lowest BCUT2D eigenvalue weighted by atomic mass is 10.1. The van der Waals surface area contributed by atoms with Gasteiger partial charge in [-0.1, -0.05) is 6.07 Å². The lowest BCUT2D eigenvalue weighted by molar-refractivity contribution is 0.577. The van der Waals surface area contributed by atoms with Crippen LogP contribution in [0.1, 0.15) is 17.0 Å². The Hall–Kier alpha value is -3.21. The monoisotopic (exact) mass is 434 g/mol. The molecule has 0 atom stereocenters. The molecule has 11 heteroatoms. The smallest absolute Gasteiger partial charge is 0.216 e. The summed E-state index contributed by atoms with van der Waals surface area (Å²) in [5.41, 5.74) is 1.11. The van der Waals surface area contributed by atoms with Crippen LogP contribution < -0.4 is 10.6 Å². The van der Waals surface area contributed by atoms with Gasteiger partial charge in [0.1, 0.15) is 11.6 Å². The predicted octanol–water partition coefficient (Wildman–Crippen LogP) is 1.66. The van der Waals surface area contributed by atoms with E-state index in [9.17, 15) is 12.8 Å². The predicted molar refractivity (Wildman–Crippen MR) is 111 cm³/mol. The highest BCUT2D eigenvalue weighted by Crippen LogP contribution is 2.15. The van der Waals surface area contributed by atoms with Gasteiger partial charge in [-0.2, -0.15) is 5.10 Å². The molecule has 0 aliphatic heterocycles. The van der Waals surface area contributed by atoms with Crippen molar-refractivity contribution in [2.75, 3.05) is 19.8 Å². The van der Waals surface area contributed by atoms with Crippen molar-refractivity contribution in [1.29, 1.82) is 0 Å². The molecule has 0 fully saturated rings. The normalized spacial score (nSPS) is 12.2. The molecule has 0 aliphatic rings. The van der Waals surface area contributed by atoms with E-state index in [0.29, 0.717) is 47.5 Å². The zero-order valence-electron chi connectivity index (χ0n) is 16.6. The van der Waals surface area contributed by atoms with Gasteiger partial charge < -0.3 is 15.1 Å². The summed E-state index contributed by atoms with van der Waals surface area (Å²) in [4.78, 5) is 8.49. The molecule has 0 radical (unpaired) electrons. The number of aromatic amines is 1. The van der Waals surface area contributed by atoms with Crippen LogP contribution in [0.5, 0.6) is 0 Å². The van der Waals surface area contributed by atoms with Gasteiger partial charge in [0.15, 0.2) is 21.6 Å². The van der Waals surface area contributed by atoms with Crippen molar-refractivity contribution in [3.05, 3.63) is 59.4 Å². The van der Waals surface area contributed by atoms with Crippen LogP contribution in [-0.4, -0.2) is 49.4 Å². The van der Waals surface area contributed by atoms with E-state index in [1.165, 1.54) is 18.2 Å². The quantitative estimate of drug-likeness (QED) is 0.364. The van der Waals surface area contributed by atoms with Crippen molar-refractivity contribution in [1.82, 2.24) is 25.8 Å². The molecule has 0 unspecified atom stereocenters. The maximum atomic E-state index is 13.6. The first-order chi connectivity index (χ1) is 14.3. The molecule has 0 amide bonds. The minimum atomic E-state index is -3.23. The average Bonchev–Trinajstić information content (AvgIpc) is 3.37. The van der Waals surface area contributed by atoms with Crippen molar-refractivity contribution in [3.8, 4) is 11.6 Å². The molecule has 2 heterocycles. The fraction of sp³-hybridized carbons (Fsp3) is 0.316. The standard InChI is InChI=1S/C19H23FN6O3S/c1-21-19(22-8-7-17-24-18(26-25-17)16-4-3-9-29-16)23-11-14-10-15(20)6-5-13(14)12-30(2,27)28/h3-6,9-10H,7-8,11-12H2,1-2H3,(H2,21,22,23)(H,24,25,26).